The molecule has 0 heterocycles. The number of carboxylic acid groups (broad SMARTS) is 1. The summed E-state index contributed by atoms with van der Waals surface area (Å²) in [5.74, 6) is -2.05. The largest absolute Gasteiger partial charge is 0.480 e. The standard InChI is InChI=1S/C31H35NO5S.H2O/c1-2-37-31(36)27(19-24-14-8-4-9-15-24)20-26(18-23-12-6-3-7-13-23)29(33)32-28(30(34)35)22-38-21-25-16-10-5-11-17-25;/h3-17,26-28H,2,18-22H2,1H3,(H,32,33)(H,34,35);1H2/t26-,27-,28+;/m1./s1. The zero-order chi connectivity index (χ0) is 27.2. The van der Waals surface area contributed by atoms with Gasteiger partial charge in [0, 0.05) is 17.4 Å². The van der Waals surface area contributed by atoms with Crippen molar-refractivity contribution in [3.05, 3.63) is 108 Å². The van der Waals surface area contributed by atoms with Crippen molar-refractivity contribution in [3.8, 4) is 0 Å². The van der Waals surface area contributed by atoms with Crippen LogP contribution in [0.2, 0.25) is 0 Å². The summed E-state index contributed by atoms with van der Waals surface area (Å²) < 4.78 is 5.35. The Balaban J connectivity index is 0.00000533. The Hall–Kier alpha value is -3.62. The maximum atomic E-state index is 13.5. The lowest BCUT2D eigenvalue weighted by Crippen LogP contribution is -2.46. The molecule has 0 aliphatic carbocycles. The van der Waals surface area contributed by atoms with Crippen LogP contribution >= 0.6 is 11.8 Å². The Morgan fingerprint density at radius 3 is 1.77 bits per heavy atom. The van der Waals surface area contributed by atoms with E-state index in [1.807, 2.05) is 91.0 Å². The number of carboxylic acids is 1. The van der Waals surface area contributed by atoms with E-state index in [1.165, 1.54) is 11.8 Å². The number of benzene rings is 3. The Labute approximate surface area is 234 Å². The van der Waals surface area contributed by atoms with E-state index >= 15 is 0 Å². The van der Waals surface area contributed by atoms with Gasteiger partial charge in [-0.3, -0.25) is 9.59 Å². The summed E-state index contributed by atoms with van der Waals surface area (Å²) >= 11 is 1.46. The number of hydrogen-bond donors (Lipinski definition) is 2. The number of aliphatic carboxylic acids is 1. The molecule has 3 aromatic rings. The van der Waals surface area contributed by atoms with Crippen LogP contribution in [0, 0.1) is 11.8 Å². The summed E-state index contributed by atoms with van der Waals surface area (Å²) in [6, 6.07) is 27.9. The van der Waals surface area contributed by atoms with E-state index < -0.39 is 23.8 Å². The van der Waals surface area contributed by atoms with Crippen molar-refractivity contribution >= 4 is 29.6 Å². The van der Waals surface area contributed by atoms with Gasteiger partial charge in [-0.15, -0.1) is 0 Å². The van der Waals surface area contributed by atoms with Crippen molar-refractivity contribution in [2.24, 2.45) is 11.8 Å². The number of ether oxygens (including phenoxy) is 1. The first kappa shape index (κ1) is 31.6. The second-order valence-electron chi connectivity index (χ2n) is 9.16. The molecule has 3 aromatic carbocycles. The van der Waals surface area contributed by atoms with E-state index in [4.69, 9.17) is 4.74 Å². The van der Waals surface area contributed by atoms with Crippen LogP contribution in [0.25, 0.3) is 0 Å². The normalized spacial score (nSPS) is 12.8. The number of amides is 1. The molecule has 1 amide bonds. The van der Waals surface area contributed by atoms with Crippen molar-refractivity contribution in [3.63, 3.8) is 0 Å². The van der Waals surface area contributed by atoms with Crippen molar-refractivity contribution in [1.29, 1.82) is 0 Å². The summed E-state index contributed by atoms with van der Waals surface area (Å²) in [6.07, 6.45) is 1.08. The average molecular weight is 552 g/mol. The quantitative estimate of drug-likeness (QED) is 0.271. The minimum absolute atomic E-state index is 0. The molecule has 39 heavy (non-hydrogen) atoms. The number of thioether (sulfide) groups is 1. The third-order valence-electron chi connectivity index (χ3n) is 6.22. The van der Waals surface area contributed by atoms with Gasteiger partial charge < -0.3 is 20.6 Å². The minimum Gasteiger partial charge on any atom is -0.480 e. The minimum atomic E-state index is -1.08. The van der Waals surface area contributed by atoms with Crippen LogP contribution in [0.5, 0.6) is 0 Å². The van der Waals surface area contributed by atoms with Crippen LogP contribution in [0.4, 0.5) is 0 Å². The Morgan fingerprint density at radius 1 is 0.795 bits per heavy atom. The van der Waals surface area contributed by atoms with Gasteiger partial charge in [-0.25, -0.2) is 4.79 Å². The second-order valence-corrected chi connectivity index (χ2v) is 10.2. The van der Waals surface area contributed by atoms with E-state index in [-0.39, 0.29) is 36.1 Å². The van der Waals surface area contributed by atoms with E-state index in [2.05, 4.69) is 5.32 Å². The molecule has 3 atom stereocenters. The van der Waals surface area contributed by atoms with Crippen LogP contribution in [-0.4, -0.2) is 46.8 Å². The Bertz CT molecular complexity index is 1140. The fourth-order valence-corrected chi connectivity index (χ4v) is 5.29. The van der Waals surface area contributed by atoms with Crippen molar-refractivity contribution in [1.82, 2.24) is 5.32 Å². The van der Waals surface area contributed by atoms with Crippen LogP contribution in [-0.2, 0) is 37.7 Å². The molecule has 208 valence electrons. The van der Waals surface area contributed by atoms with E-state index in [1.54, 1.807) is 6.92 Å². The summed E-state index contributed by atoms with van der Waals surface area (Å²) in [4.78, 5) is 38.5. The molecular formula is C31H37NO6S. The molecule has 0 saturated carbocycles. The molecule has 0 saturated heterocycles. The topological polar surface area (TPSA) is 124 Å². The lowest BCUT2D eigenvalue weighted by molar-refractivity contribution is -0.149. The van der Waals surface area contributed by atoms with Gasteiger partial charge >= 0.3 is 11.9 Å². The third kappa shape index (κ3) is 10.9. The molecule has 0 aliphatic heterocycles. The lowest BCUT2D eigenvalue weighted by atomic mass is 9.85. The molecule has 8 heteroatoms. The first-order chi connectivity index (χ1) is 18.5. The summed E-state index contributed by atoms with van der Waals surface area (Å²) in [5.41, 5.74) is 3.01. The molecule has 7 nitrogen and oxygen atoms in total. The molecule has 0 unspecified atom stereocenters. The average Bonchev–Trinajstić information content (AvgIpc) is 2.93. The SMILES string of the molecule is CCOC(=O)[C@H](Cc1ccccc1)C[C@@H](Cc1ccccc1)C(=O)N[C@@H](CSCc1ccccc1)C(=O)O.O. The predicted octanol–water partition coefficient (Wildman–Crippen LogP) is 4.34. The fraction of sp³-hybridized carbons (Fsp3) is 0.323. The van der Waals surface area contributed by atoms with E-state index in [0.717, 1.165) is 16.7 Å². The van der Waals surface area contributed by atoms with Crippen LogP contribution in [0.3, 0.4) is 0 Å². The maximum absolute atomic E-state index is 13.5. The molecular weight excluding hydrogens is 514 g/mol. The van der Waals surface area contributed by atoms with Crippen molar-refractivity contribution in [2.45, 2.75) is 38.0 Å². The molecule has 0 fully saturated rings. The van der Waals surface area contributed by atoms with Gasteiger partial charge in [0.05, 0.1) is 12.5 Å². The maximum Gasteiger partial charge on any atom is 0.327 e. The second kappa shape index (κ2) is 17.1. The molecule has 0 aliphatic rings. The highest BCUT2D eigenvalue weighted by Crippen LogP contribution is 2.24. The first-order valence-electron chi connectivity index (χ1n) is 12.9. The van der Waals surface area contributed by atoms with Crippen LogP contribution < -0.4 is 5.32 Å². The van der Waals surface area contributed by atoms with Crippen molar-refractivity contribution in [2.75, 3.05) is 12.4 Å². The van der Waals surface area contributed by atoms with E-state index in [0.29, 0.717) is 18.6 Å². The first-order valence-corrected chi connectivity index (χ1v) is 14.0. The zero-order valence-electron chi connectivity index (χ0n) is 22.1. The number of rotatable bonds is 15. The van der Waals surface area contributed by atoms with Gasteiger partial charge in [0.15, 0.2) is 0 Å². The van der Waals surface area contributed by atoms with Crippen LogP contribution in [0.1, 0.15) is 30.0 Å². The monoisotopic (exact) mass is 551 g/mol. The van der Waals surface area contributed by atoms with E-state index in [9.17, 15) is 19.5 Å². The molecule has 3 rings (SSSR count). The zero-order valence-corrected chi connectivity index (χ0v) is 22.9. The highest BCUT2D eigenvalue weighted by atomic mass is 32.2. The van der Waals surface area contributed by atoms with Crippen molar-refractivity contribution < 1.29 is 29.7 Å². The highest BCUT2D eigenvalue weighted by molar-refractivity contribution is 7.98. The van der Waals surface area contributed by atoms with Gasteiger partial charge in [-0.05, 0) is 42.9 Å². The number of nitrogens with one attached hydrogen (secondary N) is 1. The lowest BCUT2D eigenvalue weighted by Gasteiger charge is -2.24. The number of carbonyl (C=O) groups is 3. The highest BCUT2D eigenvalue weighted by Gasteiger charge is 2.31. The molecule has 0 aromatic heterocycles. The van der Waals surface area contributed by atoms with Gasteiger partial charge in [-0.1, -0.05) is 91.0 Å². The number of esters is 1. The molecule has 0 bridgehead atoms. The Morgan fingerprint density at radius 2 is 1.28 bits per heavy atom. The summed E-state index contributed by atoms with van der Waals surface area (Å²) in [7, 11) is 0. The van der Waals surface area contributed by atoms with Gasteiger partial charge in [-0.2, -0.15) is 11.8 Å². The predicted molar refractivity (Wildman–Crippen MR) is 154 cm³/mol. The fourth-order valence-electron chi connectivity index (χ4n) is 4.28. The van der Waals surface area contributed by atoms with Gasteiger partial charge in [0.1, 0.15) is 6.04 Å². The van der Waals surface area contributed by atoms with Gasteiger partial charge in [0.2, 0.25) is 5.91 Å². The van der Waals surface area contributed by atoms with Gasteiger partial charge in [0.25, 0.3) is 0 Å². The third-order valence-corrected chi connectivity index (χ3v) is 7.33. The smallest absolute Gasteiger partial charge is 0.327 e. The number of hydrogen-bond acceptors (Lipinski definition) is 5. The number of carbonyl (C=O) groups excluding carboxylic acids is 2. The summed E-state index contributed by atoms with van der Waals surface area (Å²) in [6.45, 7) is 2.01. The molecule has 0 radical (unpaired) electrons. The Kier molecular flexibility index (Phi) is 13.8. The summed E-state index contributed by atoms with van der Waals surface area (Å²) in [5, 5.41) is 12.6. The molecule has 4 N–H and O–H groups in total. The van der Waals surface area contributed by atoms with Crippen LogP contribution in [0.15, 0.2) is 91.0 Å². The molecule has 0 spiro atoms.